The lowest BCUT2D eigenvalue weighted by Gasteiger charge is -2.63. The second-order valence-corrected chi connectivity index (χ2v) is 13.6. The molecule has 13 nitrogen and oxygen atoms in total. The van der Waals surface area contributed by atoms with Gasteiger partial charge in [-0.25, -0.2) is 0 Å². The van der Waals surface area contributed by atoms with Crippen LogP contribution in [0.3, 0.4) is 0 Å². The number of benzene rings is 1. The maximum absolute atomic E-state index is 12.5. The summed E-state index contributed by atoms with van der Waals surface area (Å²) < 4.78 is 29.9. The highest BCUT2D eigenvalue weighted by Gasteiger charge is 2.72. The van der Waals surface area contributed by atoms with Crippen LogP contribution in [0.15, 0.2) is 35.0 Å². The van der Waals surface area contributed by atoms with Crippen molar-refractivity contribution in [3.8, 4) is 11.5 Å². The highest BCUT2D eigenvalue weighted by atomic mass is 16.7. The minimum absolute atomic E-state index is 0.00386. The minimum Gasteiger partial charge on any atom is -0.485 e. The van der Waals surface area contributed by atoms with Gasteiger partial charge in [-0.2, -0.15) is 0 Å². The summed E-state index contributed by atoms with van der Waals surface area (Å²) >= 11 is 0. The Kier molecular flexibility index (Phi) is 11.7. The fourth-order valence-electron chi connectivity index (χ4n) is 7.64. The van der Waals surface area contributed by atoms with Crippen molar-refractivity contribution in [2.45, 2.75) is 88.7 Å². The summed E-state index contributed by atoms with van der Waals surface area (Å²) in [5.74, 6) is -2.14. The fraction of sp³-hybridized carbons (Fsp3) is 0.686. The van der Waals surface area contributed by atoms with E-state index in [2.05, 4.69) is 19.2 Å². The normalized spacial score (nSPS) is 32.8. The SMILES string of the molecule is CCOC(=O)CCc1cc2ccoc2c(OCCNCCCC(C)C)c1O[C@H]1O[C@H](CO)[C@]2(O)C[C@@H]3C=C[C@H](O)[C@@H](CO)[C@H]3[C@]1(O)[C@H]2O. The van der Waals surface area contributed by atoms with E-state index in [-0.39, 0.29) is 44.0 Å². The lowest BCUT2D eigenvalue weighted by Crippen LogP contribution is -2.81. The van der Waals surface area contributed by atoms with Gasteiger partial charge in [0.2, 0.25) is 12.0 Å². The predicted molar refractivity (Wildman–Crippen MR) is 173 cm³/mol. The first-order valence-electron chi connectivity index (χ1n) is 17.0. The van der Waals surface area contributed by atoms with Gasteiger partial charge < -0.3 is 59.3 Å². The van der Waals surface area contributed by atoms with Crippen molar-refractivity contribution >= 4 is 16.9 Å². The van der Waals surface area contributed by atoms with Gasteiger partial charge in [-0.15, -0.1) is 0 Å². The van der Waals surface area contributed by atoms with Crippen LogP contribution in [0.1, 0.15) is 52.0 Å². The molecule has 48 heavy (non-hydrogen) atoms. The first kappa shape index (κ1) is 36.5. The van der Waals surface area contributed by atoms with Crippen molar-refractivity contribution in [1.29, 1.82) is 0 Å². The van der Waals surface area contributed by atoms with Crippen molar-refractivity contribution in [1.82, 2.24) is 5.32 Å². The highest BCUT2D eigenvalue weighted by molar-refractivity contribution is 5.87. The van der Waals surface area contributed by atoms with E-state index in [4.69, 9.17) is 23.4 Å². The number of rotatable bonds is 16. The number of carbonyl (C=O) groups is 1. The van der Waals surface area contributed by atoms with Gasteiger partial charge in [0.15, 0.2) is 16.9 Å². The maximum atomic E-state index is 12.5. The molecule has 3 aliphatic rings. The van der Waals surface area contributed by atoms with Crippen molar-refractivity contribution in [3.05, 3.63) is 36.1 Å². The van der Waals surface area contributed by atoms with Crippen LogP contribution in [0.4, 0.5) is 0 Å². The Morgan fingerprint density at radius 2 is 1.92 bits per heavy atom. The second kappa shape index (κ2) is 15.4. The molecular formula is C35H51NO12. The molecule has 2 aromatic rings. The number of aliphatic hydroxyl groups excluding tert-OH is 4. The Hall–Kier alpha value is -2.75. The Morgan fingerprint density at radius 3 is 2.62 bits per heavy atom. The van der Waals surface area contributed by atoms with E-state index in [0.717, 1.165) is 19.4 Å². The number of esters is 1. The summed E-state index contributed by atoms with van der Waals surface area (Å²) in [6.45, 7) is 6.56. The Balaban J connectivity index is 1.54. The molecule has 2 fully saturated rings. The van der Waals surface area contributed by atoms with E-state index in [1.54, 1.807) is 25.1 Å². The van der Waals surface area contributed by atoms with Crippen LogP contribution in [0, 0.1) is 23.7 Å². The van der Waals surface area contributed by atoms with E-state index < -0.39 is 72.7 Å². The molecule has 1 saturated carbocycles. The van der Waals surface area contributed by atoms with Crippen molar-refractivity contribution in [2.75, 3.05) is 39.5 Å². The van der Waals surface area contributed by atoms with Gasteiger partial charge in [-0.3, -0.25) is 4.79 Å². The van der Waals surface area contributed by atoms with Gasteiger partial charge in [0.05, 0.1) is 25.6 Å². The molecule has 1 saturated heterocycles. The predicted octanol–water partition coefficient (Wildman–Crippen LogP) is 1.43. The van der Waals surface area contributed by atoms with E-state index in [1.165, 1.54) is 12.3 Å². The number of fused-ring (bicyclic) bond motifs is 5. The molecule has 5 rings (SSSR count). The number of carbonyl (C=O) groups excluding carboxylic acids is 1. The largest absolute Gasteiger partial charge is 0.485 e. The summed E-state index contributed by atoms with van der Waals surface area (Å²) in [6.07, 6.45) is 0.636. The number of aliphatic hydroxyl groups is 6. The van der Waals surface area contributed by atoms with Crippen LogP contribution in [-0.4, -0.2) is 112 Å². The monoisotopic (exact) mass is 677 g/mol. The third kappa shape index (κ3) is 6.97. The Bertz CT molecular complexity index is 1410. The third-order valence-corrected chi connectivity index (χ3v) is 10.0. The van der Waals surface area contributed by atoms with Gasteiger partial charge in [0.25, 0.3) is 0 Å². The number of hydrogen-bond acceptors (Lipinski definition) is 13. The van der Waals surface area contributed by atoms with Gasteiger partial charge in [0.1, 0.15) is 24.4 Å². The van der Waals surface area contributed by atoms with Crippen LogP contribution in [0.25, 0.3) is 11.0 Å². The standard InChI is InChI=1S/C35H51NO12/c1-4-44-27(40)10-8-21-16-22-11-14-45-29(22)31(46-15-13-36-12-5-6-20(2)3)30(21)48-33-35(43)28-23(7-9-25(39)24(28)18-37)17-34(42,32(35)41)26(19-38)47-33/h7,9,11,14,16,20,23-26,28,32-33,36-39,41-43H,4-6,8,10,12-13,15,17-19H2,1-3H3/t23-,24+,25-,26+,28-,32-,33+,34+,35-/m0/s1. The summed E-state index contributed by atoms with van der Waals surface area (Å²) in [4.78, 5) is 12.4. The summed E-state index contributed by atoms with van der Waals surface area (Å²) in [5.41, 5.74) is -3.62. The Morgan fingerprint density at radius 1 is 1.12 bits per heavy atom. The summed E-state index contributed by atoms with van der Waals surface area (Å²) in [7, 11) is 0. The number of nitrogens with one attached hydrogen (secondary N) is 1. The van der Waals surface area contributed by atoms with Crippen molar-refractivity contribution < 1.29 is 58.8 Å². The van der Waals surface area contributed by atoms with E-state index in [0.29, 0.717) is 29.0 Å². The number of allylic oxidation sites excluding steroid dienone is 1. The zero-order valence-corrected chi connectivity index (χ0v) is 27.9. The van der Waals surface area contributed by atoms with Gasteiger partial charge >= 0.3 is 5.97 Å². The molecule has 0 spiro atoms. The number of furan rings is 1. The molecule has 2 heterocycles. The molecule has 0 radical (unpaired) electrons. The Labute approximate surface area is 280 Å². The molecule has 268 valence electrons. The zero-order valence-electron chi connectivity index (χ0n) is 27.9. The molecule has 0 unspecified atom stereocenters. The second-order valence-electron chi connectivity index (χ2n) is 13.6. The van der Waals surface area contributed by atoms with Crippen molar-refractivity contribution in [2.24, 2.45) is 23.7 Å². The molecule has 7 N–H and O–H groups in total. The molecule has 1 aromatic carbocycles. The van der Waals surface area contributed by atoms with Crippen LogP contribution in [-0.2, 0) is 20.7 Å². The molecule has 1 aliphatic heterocycles. The van der Waals surface area contributed by atoms with Gasteiger partial charge in [-0.05, 0) is 68.7 Å². The summed E-state index contributed by atoms with van der Waals surface area (Å²) in [5, 5.41) is 71.4. The van der Waals surface area contributed by atoms with E-state index in [9.17, 15) is 35.4 Å². The lowest BCUT2D eigenvalue weighted by molar-refractivity contribution is -0.391. The minimum atomic E-state index is -2.38. The van der Waals surface area contributed by atoms with Crippen molar-refractivity contribution in [3.63, 3.8) is 0 Å². The molecule has 2 bridgehead atoms. The zero-order chi connectivity index (χ0) is 34.6. The van der Waals surface area contributed by atoms with E-state index in [1.807, 2.05) is 0 Å². The van der Waals surface area contributed by atoms with Gasteiger partial charge in [-0.1, -0.05) is 26.0 Å². The first-order chi connectivity index (χ1) is 23.0. The first-order valence-corrected chi connectivity index (χ1v) is 17.0. The maximum Gasteiger partial charge on any atom is 0.306 e. The van der Waals surface area contributed by atoms with Crippen LogP contribution in [0.2, 0.25) is 0 Å². The molecule has 0 amide bonds. The fourth-order valence-corrected chi connectivity index (χ4v) is 7.64. The number of aryl methyl sites for hydroxylation is 1. The molecular weight excluding hydrogens is 626 g/mol. The number of hydrogen-bond donors (Lipinski definition) is 7. The molecule has 13 heteroatoms. The average molecular weight is 678 g/mol. The van der Waals surface area contributed by atoms with E-state index >= 15 is 0 Å². The van der Waals surface area contributed by atoms with Crippen LogP contribution >= 0.6 is 0 Å². The lowest BCUT2D eigenvalue weighted by atomic mass is 9.53. The van der Waals surface area contributed by atoms with Crippen LogP contribution < -0.4 is 14.8 Å². The van der Waals surface area contributed by atoms with Crippen LogP contribution in [0.5, 0.6) is 11.5 Å². The third-order valence-electron chi connectivity index (χ3n) is 10.0. The molecule has 1 aromatic heterocycles. The average Bonchev–Trinajstić information content (AvgIpc) is 3.52. The van der Waals surface area contributed by atoms with Gasteiger partial charge in [0, 0.05) is 36.8 Å². The molecule has 2 aliphatic carbocycles. The topological polar surface area (TPSA) is 201 Å². The summed E-state index contributed by atoms with van der Waals surface area (Å²) in [6, 6.07) is 3.51. The smallest absolute Gasteiger partial charge is 0.306 e. The highest BCUT2D eigenvalue weighted by Crippen LogP contribution is 2.56. The molecule has 9 atom stereocenters. The quantitative estimate of drug-likeness (QED) is 0.0765. The number of ether oxygens (including phenoxy) is 4.